The molecule has 1 aliphatic rings. The third kappa shape index (κ3) is 4.20. The SMILES string of the molecule is CC.FC(F)(F)c1cc(N2CCNCC2)c2cccc(C(F)(F)F)c2n1. The number of para-hydroxylation sites is 1. The molecule has 2 aromatic rings. The van der Waals surface area contributed by atoms with Gasteiger partial charge >= 0.3 is 12.4 Å². The summed E-state index contributed by atoms with van der Waals surface area (Å²) in [4.78, 5) is 4.93. The van der Waals surface area contributed by atoms with Crippen molar-refractivity contribution in [2.24, 2.45) is 0 Å². The van der Waals surface area contributed by atoms with Gasteiger partial charge in [0.25, 0.3) is 0 Å². The number of nitrogens with zero attached hydrogens (tertiary/aromatic N) is 2. The number of halogens is 6. The molecule has 0 aliphatic carbocycles. The number of alkyl halides is 6. The Hall–Kier alpha value is -2.03. The standard InChI is InChI=1S/C15H13F6N3.C2H6/c16-14(17,18)10-3-1-2-9-11(24-6-4-22-5-7-24)8-12(15(19,20)21)23-13(9)10;1-2/h1-3,8,22H,4-7H2;1-2H3. The van der Waals surface area contributed by atoms with Crippen LogP contribution in [-0.2, 0) is 12.4 Å². The van der Waals surface area contributed by atoms with E-state index in [9.17, 15) is 26.3 Å². The molecule has 0 atom stereocenters. The first kappa shape index (κ1) is 20.3. The third-order valence-corrected chi connectivity index (χ3v) is 3.87. The van der Waals surface area contributed by atoms with Crippen molar-refractivity contribution in [3.05, 3.63) is 35.5 Å². The summed E-state index contributed by atoms with van der Waals surface area (Å²) in [5.41, 5.74) is -3.03. The van der Waals surface area contributed by atoms with Crippen LogP contribution in [0.25, 0.3) is 10.9 Å². The van der Waals surface area contributed by atoms with Gasteiger partial charge in [0.15, 0.2) is 0 Å². The van der Waals surface area contributed by atoms with Crippen molar-refractivity contribution < 1.29 is 26.3 Å². The first-order chi connectivity index (χ1) is 12.2. The van der Waals surface area contributed by atoms with Crippen molar-refractivity contribution in [2.45, 2.75) is 26.2 Å². The first-order valence-corrected chi connectivity index (χ1v) is 8.22. The molecule has 1 aromatic heterocycles. The van der Waals surface area contributed by atoms with Crippen LogP contribution in [0.1, 0.15) is 25.1 Å². The smallest absolute Gasteiger partial charge is 0.368 e. The number of benzene rings is 1. The van der Waals surface area contributed by atoms with E-state index >= 15 is 0 Å². The second-order valence-electron chi connectivity index (χ2n) is 5.46. The zero-order chi connectivity index (χ0) is 19.5. The summed E-state index contributed by atoms with van der Waals surface area (Å²) in [6.07, 6.45) is -9.60. The maximum absolute atomic E-state index is 13.2. The van der Waals surface area contributed by atoms with Crippen LogP contribution < -0.4 is 10.2 Å². The van der Waals surface area contributed by atoms with Crippen molar-refractivity contribution in [1.29, 1.82) is 0 Å². The van der Waals surface area contributed by atoms with E-state index in [2.05, 4.69) is 10.3 Å². The summed E-state index contributed by atoms with van der Waals surface area (Å²) in [6, 6.07) is 4.13. The summed E-state index contributed by atoms with van der Waals surface area (Å²) in [5.74, 6) is 0. The lowest BCUT2D eigenvalue weighted by Gasteiger charge is -2.31. The number of fused-ring (bicyclic) bond motifs is 1. The molecule has 9 heteroatoms. The van der Waals surface area contributed by atoms with E-state index in [4.69, 9.17) is 0 Å². The molecule has 26 heavy (non-hydrogen) atoms. The molecule has 0 amide bonds. The molecule has 3 nitrogen and oxygen atoms in total. The van der Waals surface area contributed by atoms with Gasteiger partial charge in [0.2, 0.25) is 0 Å². The van der Waals surface area contributed by atoms with E-state index in [1.807, 2.05) is 13.8 Å². The Morgan fingerprint density at radius 1 is 0.962 bits per heavy atom. The summed E-state index contributed by atoms with van der Waals surface area (Å²) >= 11 is 0. The highest BCUT2D eigenvalue weighted by Gasteiger charge is 2.38. The molecule has 1 saturated heterocycles. The molecule has 1 aromatic carbocycles. The van der Waals surface area contributed by atoms with Crippen LogP contribution in [0.3, 0.4) is 0 Å². The van der Waals surface area contributed by atoms with Gasteiger partial charge in [0.1, 0.15) is 5.69 Å². The molecule has 1 aliphatic heterocycles. The number of pyridine rings is 1. The van der Waals surface area contributed by atoms with Crippen LogP contribution in [-0.4, -0.2) is 31.2 Å². The van der Waals surface area contributed by atoms with Crippen LogP contribution in [0.2, 0.25) is 0 Å². The Morgan fingerprint density at radius 3 is 2.12 bits per heavy atom. The highest BCUT2D eigenvalue weighted by Crippen LogP contribution is 2.40. The maximum atomic E-state index is 13.2. The Kier molecular flexibility index (Phi) is 6.00. The fourth-order valence-electron chi connectivity index (χ4n) is 2.77. The lowest BCUT2D eigenvalue weighted by molar-refractivity contribution is -0.142. The first-order valence-electron chi connectivity index (χ1n) is 8.22. The van der Waals surface area contributed by atoms with E-state index in [1.54, 1.807) is 4.90 Å². The van der Waals surface area contributed by atoms with Crippen LogP contribution >= 0.6 is 0 Å². The fourth-order valence-corrected chi connectivity index (χ4v) is 2.77. The Labute approximate surface area is 147 Å². The average molecular weight is 379 g/mol. The van der Waals surface area contributed by atoms with E-state index in [0.29, 0.717) is 26.2 Å². The van der Waals surface area contributed by atoms with Gasteiger partial charge in [0, 0.05) is 37.3 Å². The zero-order valence-electron chi connectivity index (χ0n) is 14.3. The summed E-state index contributed by atoms with van der Waals surface area (Å²) < 4.78 is 78.9. The Balaban J connectivity index is 0.00000117. The minimum absolute atomic E-state index is 0.0692. The van der Waals surface area contributed by atoms with Crippen LogP contribution in [0.4, 0.5) is 32.0 Å². The topological polar surface area (TPSA) is 28.2 Å². The highest BCUT2D eigenvalue weighted by molar-refractivity contribution is 5.94. The van der Waals surface area contributed by atoms with Gasteiger partial charge in [-0.3, -0.25) is 0 Å². The molecular weight excluding hydrogens is 360 g/mol. The van der Waals surface area contributed by atoms with Crippen molar-refractivity contribution in [2.75, 3.05) is 31.1 Å². The zero-order valence-corrected chi connectivity index (χ0v) is 14.3. The van der Waals surface area contributed by atoms with Crippen LogP contribution in [0.5, 0.6) is 0 Å². The number of hydrogen-bond donors (Lipinski definition) is 1. The lowest BCUT2D eigenvalue weighted by atomic mass is 10.1. The number of piperazine rings is 1. The maximum Gasteiger partial charge on any atom is 0.433 e. The van der Waals surface area contributed by atoms with E-state index in [1.165, 1.54) is 12.1 Å². The van der Waals surface area contributed by atoms with Gasteiger partial charge in [-0.15, -0.1) is 0 Å². The summed E-state index contributed by atoms with van der Waals surface area (Å²) in [6.45, 7) is 5.91. The number of rotatable bonds is 1. The van der Waals surface area contributed by atoms with Crippen LogP contribution in [0.15, 0.2) is 24.3 Å². The third-order valence-electron chi connectivity index (χ3n) is 3.87. The normalized spacial score (nSPS) is 15.6. The van der Waals surface area contributed by atoms with E-state index < -0.39 is 29.1 Å². The monoisotopic (exact) mass is 379 g/mol. The molecule has 0 bridgehead atoms. The van der Waals surface area contributed by atoms with Gasteiger partial charge in [-0.2, -0.15) is 26.3 Å². The second kappa shape index (κ2) is 7.69. The molecule has 1 fully saturated rings. The van der Waals surface area contributed by atoms with Crippen molar-refractivity contribution >= 4 is 16.6 Å². The van der Waals surface area contributed by atoms with Gasteiger partial charge < -0.3 is 10.2 Å². The predicted octanol–water partition coefficient (Wildman–Crippen LogP) is 4.71. The van der Waals surface area contributed by atoms with Crippen molar-refractivity contribution in [3.8, 4) is 0 Å². The number of anilines is 1. The molecule has 0 radical (unpaired) electrons. The molecule has 3 rings (SSSR count). The van der Waals surface area contributed by atoms with Gasteiger partial charge in [-0.05, 0) is 12.1 Å². The van der Waals surface area contributed by atoms with Gasteiger partial charge in [0.05, 0.1) is 11.1 Å². The van der Waals surface area contributed by atoms with E-state index in [-0.39, 0.29) is 11.1 Å². The average Bonchev–Trinajstić information content (AvgIpc) is 2.61. The van der Waals surface area contributed by atoms with Crippen molar-refractivity contribution in [1.82, 2.24) is 10.3 Å². The van der Waals surface area contributed by atoms with Gasteiger partial charge in [-0.1, -0.05) is 26.0 Å². The summed E-state index contributed by atoms with van der Waals surface area (Å²) in [5, 5.41) is 3.12. The highest BCUT2D eigenvalue weighted by atomic mass is 19.4. The molecule has 0 saturated carbocycles. The molecule has 1 N–H and O–H groups in total. The number of nitrogens with one attached hydrogen (secondary N) is 1. The largest absolute Gasteiger partial charge is 0.433 e. The molecule has 0 unspecified atom stereocenters. The quantitative estimate of drug-likeness (QED) is 0.728. The lowest BCUT2D eigenvalue weighted by Crippen LogP contribution is -2.43. The van der Waals surface area contributed by atoms with Gasteiger partial charge in [-0.25, -0.2) is 4.98 Å². The second-order valence-corrected chi connectivity index (χ2v) is 5.46. The van der Waals surface area contributed by atoms with Crippen LogP contribution in [0, 0.1) is 0 Å². The number of hydrogen-bond acceptors (Lipinski definition) is 3. The van der Waals surface area contributed by atoms with Crippen molar-refractivity contribution in [3.63, 3.8) is 0 Å². The predicted molar refractivity (Wildman–Crippen MR) is 88.2 cm³/mol. The molecular formula is C17H19F6N3. The van der Waals surface area contributed by atoms with E-state index in [0.717, 1.165) is 12.1 Å². The minimum Gasteiger partial charge on any atom is -0.368 e. The fraction of sp³-hybridized carbons (Fsp3) is 0.471. The Bertz CT molecular complexity index is 748. The minimum atomic E-state index is -4.82. The molecule has 0 spiro atoms. The summed E-state index contributed by atoms with van der Waals surface area (Å²) in [7, 11) is 0. The molecule has 144 valence electrons. The number of aromatic nitrogens is 1. The Morgan fingerprint density at radius 2 is 1.58 bits per heavy atom. The molecule has 2 heterocycles.